The molecule has 0 aliphatic carbocycles. The van der Waals surface area contributed by atoms with E-state index in [9.17, 15) is 0 Å². The lowest BCUT2D eigenvalue weighted by Gasteiger charge is -1.96. The molecule has 1 rings (SSSR count). The molecule has 4 nitrogen and oxygen atoms in total. The lowest BCUT2D eigenvalue weighted by Crippen LogP contribution is -2.10. The van der Waals surface area contributed by atoms with Crippen molar-refractivity contribution in [2.24, 2.45) is 21.7 Å². The summed E-state index contributed by atoms with van der Waals surface area (Å²) < 4.78 is 0. The molecule has 6 heteroatoms. The Morgan fingerprint density at radius 1 is 1.29 bits per heavy atom. The Balaban J connectivity index is 2.88. The van der Waals surface area contributed by atoms with Crippen LogP contribution in [0.3, 0.4) is 0 Å². The SMILES string of the molecule is NN=C(N)N=Cc1ccc(Cl)c(Cl)c1. The highest BCUT2D eigenvalue weighted by Gasteiger charge is 1.96. The summed E-state index contributed by atoms with van der Waals surface area (Å²) in [4.78, 5) is 3.76. The van der Waals surface area contributed by atoms with Gasteiger partial charge in [0.25, 0.3) is 0 Å². The molecule has 0 aliphatic rings. The van der Waals surface area contributed by atoms with Crippen LogP contribution in [0, 0.1) is 0 Å². The monoisotopic (exact) mass is 230 g/mol. The van der Waals surface area contributed by atoms with Crippen LogP contribution in [-0.2, 0) is 0 Å². The van der Waals surface area contributed by atoms with Crippen molar-refractivity contribution >= 4 is 35.4 Å². The van der Waals surface area contributed by atoms with Crippen molar-refractivity contribution in [3.8, 4) is 0 Å². The molecule has 0 unspecified atom stereocenters. The molecule has 74 valence electrons. The van der Waals surface area contributed by atoms with Gasteiger partial charge < -0.3 is 11.6 Å². The maximum Gasteiger partial charge on any atom is 0.236 e. The molecule has 0 heterocycles. The molecule has 0 bridgehead atoms. The summed E-state index contributed by atoms with van der Waals surface area (Å²) in [5, 5.41) is 4.13. The van der Waals surface area contributed by atoms with E-state index in [1.165, 1.54) is 6.21 Å². The van der Waals surface area contributed by atoms with E-state index < -0.39 is 0 Å². The number of aliphatic imine (C=N–C) groups is 1. The van der Waals surface area contributed by atoms with Crippen LogP contribution in [0.2, 0.25) is 10.0 Å². The molecule has 0 atom stereocenters. The molecule has 0 saturated carbocycles. The van der Waals surface area contributed by atoms with E-state index in [2.05, 4.69) is 10.1 Å². The van der Waals surface area contributed by atoms with Gasteiger partial charge >= 0.3 is 0 Å². The van der Waals surface area contributed by atoms with E-state index in [4.69, 9.17) is 34.8 Å². The first-order chi connectivity index (χ1) is 6.63. The first kappa shape index (κ1) is 10.8. The largest absolute Gasteiger partial charge is 0.367 e. The zero-order chi connectivity index (χ0) is 10.6. The number of guanidine groups is 1. The van der Waals surface area contributed by atoms with Crippen LogP contribution in [-0.4, -0.2) is 12.2 Å². The molecular formula is C8H8Cl2N4. The van der Waals surface area contributed by atoms with E-state index in [1.54, 1.807) is 18.2 Å². The Kier molecular flexibility index (Phi) is 3.73. The number of nitrogens with two attached hydrogens (primary N) is 2. The summed E-state index contributed by atoms with van der Waals surface area (Å²) in [6, 6.07) is 5.08. The first-order valence-electron chi connectivity index (χ1n) is 3.66. The summed E-state index contributed by atoms with van der Waals surface area (Å²) in [5.41, 5.74) is 6.03. The summed E-state index contributed by atoms with van der Waals surface area (Å²) in [5.74, 6) is 4.89. The molecule has 0 spiro atoms. The third kappa shape index (κ3) is 2.90. The van der Waals surface area contributed by atoms with Crippen LogP contribution >= 0.6 is 23.2 Å². The van der Waals surface area contributed by atoms with Gasteiger partial charge in [-0.2, -0.15) is 0 Å². The van der Waals surface area contributed by atoms with E-state index in [1.807, 2.05) is 0 Å². The van der Waals surface area contributed by atoms with Gasteiger partial charge in [0, 0.05) is 6.21 Å². The molecule has 0 fully saturated rings. The maximum absolute atomic E-state index is 5.78. The van der Waals surface area contributed by atoms with Gasteiger partial charge in [0.1, 0.15) is 0 Å². The normalized spacial score (nSPS) is 12.3. The standard InChI is InChI=1S/C8H8Cl2N4/c9-6-2-1-5(3-7(6)10)4-13-8(11)14-12/h1-4H,12H2,(H2,11,14). The number of rotatable bonds is 1. The molecule has 0 saturated heterocycles. The van der Waals surface area contributed by atoms with E-state index in [0.29, 0.717) is 10.0 Å². The van der Waals surface area contributed by atoms with Gasteiger partial charge in [0.05, 0.1) is 10.0 Å². The average molecular weight is 231 g/mol. The van der Waals surface area contributed by atoms with Crippen LogP contribution in [0.5, 0.6) is 0 Å². The van der Waals surface area contributed by atoms with Crippen LogP contribution in [0.15, 0.2) is 28.3 Å². The fraction of sp³-hybridized carbons (Fsp3) is 0. The Hall–Kier alpha value is -1.26. The van der Waals surface area contributed by atoms with Crippen molar-refractivity contribution in [2.75, 3.05) is 0 Å². The van der Waals surface area contributed by atoms with Gasteiger partial charge in [-0.25, -0.2) is 4.99 Å². The highest BCUT2D eigenvalue weighted by atomic mass is 35.5. The second kappa shape index (κ2) is 4.83. The highest BCUT2D eigenvalue weighted by molar-refractivity contribution is 6.42. The summed E-state index contributed by atoms with van der Waals surface area (Å²) in [6.07, 6.45) is 1.49. The zero-order valence-electron chi connectivity index (χ0n) is 7.11. The third-order valence-electron chi connectivity index (χ3n) is 1.42. The van der Waals surface area contributed by atoms with Gasteiger partial charge in [0.15, 0.2) is 0 Å². The molecule has 4 N–H and O–H groups in total. The van der Waals surface area contributed by atoms with Crippen LogP contribution in [0.4, 0.5) is 0 Å². The molecule has 0 amide bonds. The minimum Gasteiger partial charge on any atom is -0.367 e. The van der Waals surface area contributed by atoms with Gasteiger partial charge in [-0.05, 0) is 17.7 Å². The molecule has 1 aromatic carbocycles. The van der Waals surface area contributed by atoms with Crippen molar-refractivity contribution in [3.05, 3.63) is 33.8 Å². The van der Waals surface area contributed by atoms with Gasteiger partial charge in [-0.15, -0.1) is 5.10 Å². The number of halogens is 2. The zero-order valence-corrected chi connectivity index (χ0v) is 8.63. The van der Waals surface area contributed by atoms with Crippen molar-refractivity contribution < 1.29 is 0 Å². The number of benzene rings is 1. The van der Waals surface area contributed by atoms with Crippen LogP contribution in [0.25, 0.3) is 0 Å². The smallest absolute Gasteiger partial charge is 0.236 e. The minimum atomic E-state index is -0.00364. The molecule has 0 aliphatic heterocycles. The Morgan fingerprint density at radius 3 is 2.57 bits per heavy atom. The number of hydrogen-bond acceptors (Lipinski definition) is 2. The molecule has 14 heavy (non-hydrogen) atoms. The second-order valence-electron chi connectivity index (χ2n) is 2.42. The van der Waals surface area contributed by atoms with E-state index in [-0.39, 0.29) is 5.96 Å². The van der Waals surface area contributed by atoms with Crippen molar-refractivity contribution in [2.45, 2.75) is 0 Å². The molecular weight excluding hydrogens is 223 g/mol. The lowest BCUT2D eigenvalue weighted by atomic mass is 10.2. The number of hydrogen-bond donors (Lipinski definition) is 2. The van der Waals surface area contributed by atoms with Gasteiger partial charge in [-0.3, -0.25) is 0 Å². The molecule has 0 radical (unpaired) electrons. The highest BCUT2D eigenvalue weighted by Crippen LogP contribution is 2.21. The predicted molar refractivity (Wildman–Crippen MR) is 59.9 cm³/mol. The van der Waals surface area contributed by atoms with E-state index in [0.717, 1.165) is 5.56 Å². The van der Waals surface area contributed by atoms with Crippen molar-refractivity contribution in [3.63, 3.8) is 0 Å². The third-order valence-corrected chi connectivity index (χ3v) is 2.16. The maximum atomic E-state index is 5.78. The summed E-state index contributed by atoms with van der Waals surface area (Å²) in [6.45, 7) is 0. The minimum absolute atomic E-state index is 0.00364. The Morgan fingerprint density at radius 2 is 2.00 bits per heavy atom. The Labute approximate surface area is 91.2 Å². The fourth-order valence-corrected chi connectivity index (χ4v) is 1.07. The second-order valence-corrected chi connectivity index (χ2v) is 3.23. The lowest BCUT2D eigenvalue weighted by molar-refractivity contribution is 1.21. The van der Waals surface area contributed by atoms with Crippen LogP contribution < -0.4 is 11.6 Å². The topological polar surface area (TPSA) is 76.8 Å². The Bertz CT molecular complexity index is 387. The summed E-state index contributed by atoms with van der Waals surface area (Å²) >= 11 is 11.5. The fourth-order valence-electron chi connectivity index (χ4n) is 0.767. The average Bonchev–Trinajstić information content (AvgIpc) is 2.19. The predicted octanol–water partition coefficient (Wildman–Crippen LogP) is 1.60. The molecule has 0 aromatic heterocycles. The number of nitrogens with zero attached hydrogens (tertiary/aromatic N) is 2. The van der Waals surface area contributed by atoms with Gasteiger partial charge in [0.2, 0.25) is 5.96 Å². The van der Waals surface area contributed by atoms with Crippen LogP contribution in [0.1, 0.15) is 5.56 Å². The van der Waals surface area contributed by atoms with Gasteiger partial charge in [-0.1, -0.05) is 29.3 Å². The van der Waals surface area contributed by atoms with E-state index >= 15 is 0 Å². The van der Waals surface area contributed by atoms with Crippen molar-refractivity contribution in [1.29, 1.82) is 0 Å². The van der Waals surface area contributed by atoms with Crippen molar-refractivity contribution in [1.82, 2.24) is 0 Å². The quantitative estimate of drug-likeness (QED) is 0.333. The summed E-state index contributed by atoms with van der Waals surface area (Å²) in [7, 11) is 0. The first-order valence-corrected chi connectivity index (χ1v) is 4.41. The molecule has 1 aromatic rings. The number of hydrazone groups is 1.